The largest absolute Gasteiger partial charge is 0.371 e. The SMILES string of the molecule is CCC(N)Cc1ccc(Br)cc1N1CCCC(C)CC1. The van der Waals surface area contributed by atoms with Gasteiger partial charge in [0.25, 0.3) is 0 Å². The van der Waals surface area contributed by atoms with Gasteiger partial charge in [-0.15, -0.1) is 0 Å². The van der Waals surface area contributed by atoms with E-state index in [-0.39, 0.29) is 6.04 Å². The van der Waals surface area contributed by atoms with Gasteiger partial charge in [-0.3, -0.25) is 0 Å². The van der Waals surface area contributed by atoms with Crippen molar-refractivity contribution in [2.24, 2.45) is 11.7 Å². The molecule has 0 bridgehead atoms. The maximum Gasteiger partial charge on any atom is 0.0410 e. The van der Waals surface area contributed by atoms with Gasteiger partial charge in [0.15, 0.2) is 0 Å². The van der Waals surface area contributed by atoms with Crippen LogP contribution in [0.2, 0.25) is 0 Å². The van der Waals surface area contributed by atoms with Gasteiger partial charge >= 0.3 is 0 Å². The van der Waals surface area contributed by atoms with Gasteiger partial charge < -0.3 is 10.6 Å². The Morgan fingerprint density at radius 2 is 2.15 bits per heavy atom. The molecule has 0 aliphatic carbocycles. The summed E-state index contributed by atoms with van der Waals surface area (Å²) in [4.78, 5) is 2.56. The van der Waals surface area contributed by atoms with Crippen molar-refractivity contribution < 1.29 is 0 Å². The van der Waals surface area contributed by atoms with Gasteiger partial charge in [-0.2, -0.15) is 0 Å². The number of hydrogen-bond donors (Lipinski definition) is 1. The summed E-state index contributed by atoms with van der Waals surface area (Å²) in [5, 5.41) is 0. The third kappa shape index (κ3) is 4.23. The van der Waals surface area contributed by atoms with Crippen LogP contribution in [0.3, 0.4) is 0 Å². The number of nitrogens with two attached hydrogens (primary N) is 1. The number of rotatable bonds is 4. The summed E-state index contributed by atoms with van der Waals surface area (Å²) >= 11 is 3.62. The Labute approximate surface area is 131 Å². The molecule has 3 heteroatoms. The Morgan fingerprint density at radius 3 is 2.90 bits per heavy atom. The lowest BCUT2D eigenvalue weighted by atomic mass is 10.0. The molecule has 112 valence electrons. The van der Waals surface area contributed by atoms with E-state index in [0.717, 1.165) is 18.8 Å². The van der Waals surface area contributed by atoms with Crippen LogP contribution in [0.5, 0.6) is 0 Å². The summed E-state index contributed by atoms with van der Waals surface area (Å²) in [5.74, 6) is 0.855. The number of hydrogen-bond acceptors (Lipinski definition) is 2. The minimum Gasteiger partial charge on any atom is -0.371 e. The minimum absolute atomic E-state index is 0.265. The summed E-state index contributed by atoms with van der Waals surface area (Å²) in [7, 11) is 0. The monoisotopic (exact) mass is 338 g/mol. The summed E-state index contributed by atoms with van der Waals surface area (Å²) in [6.07, 6.45) is 5.96. The van der Waals surface area contributed by atoms with Gasteiger partial charge in [0.1, 0.15) is 0 Å². The molecule has 1 fully saturated rings. The topological polar surface area (TPSA) is 29.3 Å². The first-order chi connectivity index (χ1) is 9.60. The van der Waals surface area contributed by atoms with Crippen LogP contribution in [0, 0.1) is 5.92 Å². The van der Waals surface area contributed by atoms with Crippen LogP contribution < -0.4 is 10.6 Å². The second kappa shape index (κ2) is 7.46. The average molecular weight is 339 g/mol. The van der Waals surface area contributed by atoms with Crippen LogP contribution in [-0.2, 0) is 6.42 Å². The molecule has 0 spiro atoms. The molecule has 0 radical (unpaired) electrons. The molecule has 1 aliphatic heterocycles. The lowest BCUT2D eigenvalue weighted by molar-refractivity contribution is 0.521. The summed E-state index contributed by atoms with van der Waals surface area (Å²) in [6.45, 7) is 6.89. The number of anilines is 1. The fourth-order valence-corrected chi connectivity index (χ4v) is 3.28. The maximum atomic E-state index is 6.16. The van der Waals surface area contributed by atoms with E-state index in [1.54, 1.807) is 0 Å². The van der Waals surface area contributed by atoms with Crippen LogP contribution in [0.15, 0.2) is 22.7 Å². The molecule has 0 saturated carbocycles. The Balaban J connectivity index is 2.21. The molecule has 2 nitrogen and oxygen atoms in total. The third-order valence-electron chi connectivity index (χ3n) is 4.41. The highest BCUT2D eigenvalue weighted by Crippen LogP contribution is 2.29. The molecule has 0 amide bonds. The van der Waals surface area contributed by atoms with Crippen LogP contribution in [0.25, 0.3) is 0 Å². The van der Waals surface area contributed by atoms with Crippen molar-refractivity contribution in [1.29, 1.82) is 0 Å². The first-order valence-electron chi connectivity index (χ1n) is 7.89. The van der Waals surface area contributed by atoms with Gasteiger partial charge in [0.2, 0.25) is 0 Å². The van der Waals surface area contributed by atoms with Crippen LogP contribution in [-0.4, -0.2) is 19.1 Å². The Kier molecular flexibility index (Phi) is 5.91. The van der Waals surface area contributed by atoms with Gasteiger partial charge in [-0.25, -0.2) is 0 Å². The zero-order valence-electron chi connectivity index (χ0n) is 12.7. The summed E-state index contributed by atoms with van der Waals surface area (Å²) in [5.41, 5.74) is 8.95. The van der Waals surface area contributed by atoms with E-state index in [4.69, 9.17) is 5.73 Å². The van der Waals surface area contributed by atoms with Crippen molar-refractivity contribution in [1.82, 2.24) is 0 Å². The Morgan fingerprint density at radius 1 is 1.35 bits per heavy atom. The molecule has 20 heavy (non-hydrogen) atoms. The van der Waals surface area contributed by atoms with E-state index in [0.29, 0.717) is 0 Å². The molecular formula is C17H27BrN2. The van der Waals surface area contributed by atoms with E-state index in [1.807, 2.05) is 0 Å². The van der Waals surface area contributed by atoms with Crippen molar-refractivity contribution in [2.45, 2.75) is 52.0 Å². The number of halogens is 1. The number of nitrogens with zero attached hydrogens (tertiary/aromatic N) is 1. The first kappa shape index (κ1) is 15.8. The van der Waals surface area contributed by atoms with E-state index < -0.39 is 0 Å². The molecule has 2 N–H and O–H groups in total. The quantitative estimate of drug-likeness (QED) is 0.883. The van der Waals surface area contributed by atoms with Crippen LogP contribution in [0.1, 0.15) is 45.1 Å². The fraction of sp³-hybridized carbons (Fsp3) is 0.647. The van der Waals surface area contributed by atoms with E-state index in [9.17, 15) is 0 Å². The predicted octanol–water partition coefficient (Wildman–Crippen LogP) is 4.36. The summed E-state index contributed by atoms with van der Waals surface area (Å²) < 4.78 is 1.17. The lowest BCUT2D eigenvalue weighted by Gasteiger charge is -2.27. The molecule has 2 rings (SSSR count). The van der Waals surface area contributed by atoms with Gasteiger partial charge in [0.05, 0.1) is 0 Å². The molecule has 1 heterocycles. The van der Waals surface area contributed by atoms with Crippen LogP contribution >= 0.6 is 15.9 Å². The second-order valence-corrected chi connectivity index (χ2v) is 7.08. The molecule has 1 aromatic rings. The minimum atomic E-state index is 0.265. The van der Waals surface area contributed by atoms with Crippen molar-refractivity contribution >= 4 is 21.6 Å². The zero-order valence-corrected chi connectivity index (χ0v) is 14.3. The average Bonchev–Trinajstić information content (AvgIpc) is 2.65. The van der Waals surface area contributed by atoms with Gasteiger partial charge in [-0.05, 0) is 55.7 Å². The molecule has 2 atom stereocenters. The predicted molar refractivity (Wildman–Crippen MR) is 91.3 cm³/mol. The molecule has 2 unspecified atom stereocenters. The molecule has 0 aromatic heterocycles. The molecular weight excluding hydrogens is 312 g/mol. The van der Waals surface area contributed by atoms with Gasteiger partial charge in [0, 0.05) is 29.3 Å². The Bertz CT molecular complexity index is 433. The highest BCUT2D eigenvalue weighted by molar-refractivity contribution is 9.10. The smallest absolute Gasteiger partial charge is 0.0410 e. The highest BCUT2D eigenvalue weighted by atomic mass is 79.9. The zero-order chi connectivity index (χ0) is 14.5. The van der Waals surface area contributed by atoms with Crippen molar-refractivity contribution in [3.8, 4) is 0 Å². The summed E-state index contributed by atoms with van der Waals surface area (Å²) in [6, 6.07) is 6.92. The van der Waals surface area contributed by atoms with E-state index in [1.165, 1.54) is 48.1 Å². The molecule has 1 saturated heterocycles. The standard InChI is InChI=1S/C17H27BrN2/c1-3-16(19)11-14-6-7-15(18)12-17(14)20-9-4-5-13(2)8-10-20/h6-7,12-13,16H,3-5,8-11,19H2,1-2H3. The fourth-order valence-electron chi connectivity index (χ4n) is 2.93. The van der Waals surface area contributed by atoms with Crippen molar-refractivity contribution in [3.63, 3.8) is 0 Å². The van der Waals surface area contributed by atoms with Crippen molar-refractivity contribution in [2.75, 3.05) is 18.0 Å². The molecule has 1 aromatic carbocycles. The normalized spacial score (nSPS) is 21.6. The number of benzene rings is 1. The molecule has 1 aliphatic rings. The lowest BCUT2D eigenvalue weighted by Crippen LogP contribution is -2.27. The Hall–Kier alpha value is -0.540. The maximum absolute atomic E-state index is 6.16. The second-order valence-electron chi connectivity index (χ2n) is 6.17. The van der Waals surface area contributed by atoms with E-state index in [2.05, 4.69) is 52.9 Å². The third-order valence-corrected chi connectivity index (χ3v) is 4.90. The first-order valence-corrected chi connectivity index (χ1v) is 8.68. The van der Waals surface area contributed by atoms with E-state index >= 15 is 0 Å². The highest BCUT2D eigenvalue weighted by Gasteiger charge is 2.17. The van der Waals surface area contributed by atoms with Gasteiger partial charge in [-0.1, -0.05) is 35.8 Å². The van der Waals surface area contributed by atoms with Crippen LogP contribution in [0.4, 0.5) is 5.69 Å². The van der Waals surface area contributed by atoms with Crippen molar-refractivity contribution in [3.05, 3.63) is 28.2 Å².